The lowest BCUT2D eigenvalue weighted by Gasteiger charge is -2.39. The van der Waals surface area contributed by atoms with Crippen molar-refractivity contribution >= 4 is 0 Å². The Kier molecular flexibility index (Phi) is 5.60. The Morgan fingerprint density at radius 3 is 2.15 bits per heavy atom. The normalized spacial score (nSPS) is 39.3. The van der Waals surface area contributed by atoms with Crippen LogP contribution in [0.3, 0.4) is 0 Å². The summed E-state index contributed by atoms with van der Waals surface area (Å²) in [7, 11) is 0. The minimum Gasteiger partial charge on any atom is -0.0628 e. The zero-order chi connectivity index (χ0) is 14.9. The second kappa shape index (κ2) is 6.84. The summed E-state index contributed by atoms with van der Waals surface area (Å²) in [5, 5.41) is 0. The molecule has 2 fully saturated rings. The second-order valence-corrected chi connectivity index (χ2v) is 9.11. The maximum atomic E-state index is 2.55. The van der Waals surface area contributed by atoms with Crippen LogP contribution < -0.4 is 0 Å². The molecule has 0 aliphatic heterocycles. The molecule has 0 heteroatoms. The van der Waals surface area contributed by atoms with E-state index < -0.39 is 0 Å². The van der Waals surface area contributed by atoms with Crippen molar-refractivity contribution in [3.63, 3.8) is 0 Å². The molecular formula is C20H38. The third-order valence-electron chi connectivity index (χ3n) is 6.43. The van der Waals surface area contributed by atoms with Crippen molar-refractivity contribution in [1.29, 1.82) is 0 Å². The Bertz CT molecular complexity index is 290. The molecule has 0 aromatic carbocycles. The molecule has 2 aliphatic rings. The van der Waals surface area contributed by atoms with Gasteiger partial charge in [-0.25, -0.2) is 0 Å². The molecule has 0 N–H and O–H groups in total. The van der Waals surface area contributed by atoms with Gasteiger partial charge >= 0.3 is 0 Å². The van der Waals surface area contributed by atoms with E-state index in [-0.39, 0.29) is 0 Å². The van der Waals surface area contributed by atoms with E-state index in [2.05, 4.69) is 41.5 Å². The van der Waals surface area contributed by atoms with Gasteiger partial charge in [-0.1, -0.05) is 41.5 Å². The van der Waals surface area contributed by atoms with Crippen LogP contribution in [0.25, 0.3) is 0 Å². The summed E-state index contributed by atoms with van der Waals surface area (Å²) >= 11 is 0. The monoisotopic (exact) mass is 278 g/mol. The quantitative estimate of drug-likeness (QED) is 0.545. The zero-order valence-electron chi connectivity index (χ0n) is 14.9. The zero-order valence-corrected chi connectivity index (χ0v) is 14.9. The van der Waals surface area contributed by atoms with Crippen molar-refractivity contribution in [2.45, 2.75) is 80.1 Å². The summed E-state index contributed by atoms with van der Waals surface area (Å²) < 4.78 is 0. The first kappa shape index (κ1) is 16.4. The number of hydrogen-bond acceptors (Lipinski definition) is 0. The topological polar surface area (TPSA) is 0 Å². The lowest BCUT2D eigenvalue weighted by atomic mass is 9.67. The predicted octanol–water partition coefficient (Wildman–Crippen LogP) is 6.40. The molecule has 0 bridgehead atoms. The molecule has 0 aromatic rings. The van der Waals surface area contributed by atoms with E-state index in [1.54, 1.807) is 12.8 Å². The Morgan fingerprint density at radius 1 is 0.850 bits per heavy atom. The standard InChI is InChI=1S/C20H38/c1-13(2)9-15(5)17-7-8-19-18(10-14(3)4)11-16(6)20(19)12-17/h13-20H,7-12H2,1-6H3. The summed E-state index contributed by atoms with van der Waals surface area (Å²) in [5.41, 5.74) is 0. The minimum absolute atomic E-state index is 0.873. The van der Waals surface area contributed by atoms with E-state index in [1.165, 1.54) is 25.7 Å². The molecule has 2 saturated carbocycles. The highest BCUT2D eigenvalue weighted by Crippen LogP contribution is 2.53. The van der Waals surface area contributed by atoms with Crippen LogP contribution in [-0.4, -0.2) is 0 Å². The van der Waals surface area contributed by atoms with Crippen LogP contribution in [0.1, 0.15) is 80.1 Å². The minimum atomic E-state index is 0.873. The third-order valence-corrected chi connectivity index (χ3v) is 6.43. The summed E-state index contributed by atoms with van der Waals surface area (Å²) in [6.07, 6.45) is 9.06. The molecule has 0 spiro atoms. The van der Waals surface area contributed by atoms with E-state index in [9.17, 15) is 0 Å². The van der Waals surface area contributed by atoms with Crippen LogP contribution in [0.4, 0.5) is 0 Å². The summed E-state index contributed by atoms with van der Waals surface area (Å²) in [6, 6.07) is 0. The Labute approximate surface area is 128 Å². The maximum absolute atomic E-state index is 2.55. The molecule has 2 aliphatic carbocycles. The lowest BCUT2D eigenvalue weighted by Crippen LogP contribution is -2.30. The molecule has 0 saturated heterocycles. The Hall–Kier alpha value is 0. The van der Waals surface area contributed by atoms with E-state index in [4.69, 9.17) is 0 Å². The van der Waals surface area contributed by atoms with Crippen molar-refractivity contribution in [2.24, 2.45) is 47.3 Å². The molecule has 0 nitrogen and oxygen atoms in total. The Morgan fingerprint density at radius 2 is 1.55 bits per heavy atom. The van der Waals surface area contributed by atoms with Gasteiger partial charge in [0, 0.05) is 0 Å². The largest absolute Gasteiger partial charge is 0.0628 e. The highest BCUT2D eigenvalue weighted by molar-refractivity contribution is 4.94. The molecule has 20 heavy (non-hydrogen) atoms. The van der Waals surface area contributed by atoms with Gasteiger partial charge in [-0.05, 0) is 85.9 Å². The van der Waals surface area contributed by atoms with Gasteiger partial charge in [0.2, 0.25) is 0 Å². The van der Waals surface area contributed by atoms with Gasteiger partial charge in [-0.15, -0.1) is 0 Å². The van der Waals surface area contributed by atoms with Gasteiger partial charge in [0.05, 0.1) is 0 Å². The van der Waals surface area contributed by atoms with Crippen LogP contribution in [0.15, 0.2) is 0 Å². The van der Waals surface area contributed by atoms with Gasteiger partial charge in [-0.2, -0.15) is 0 Å². The van der Waals surface area contributed by atoms with Crippen molar-refractivity contribution in [1.82, 2.24) is 0 Å². The summed E-state index contributed by atoms with van der Waals surface area (Å²) in [5.74, 6) is 7.93. The molecule has 2 rings (SSSR count). The molecule has 0 radical (unpaired) electrons. The lowest BCUT2D eigenvalue weighted by molar-refractivity contribution is 0.112. The molecule has 0 heterocycles. The van der Waals surface area contributed by atoms with Crippen molar-refractivity contribution < 1.29 is 0 Å². The van der Waals surface area contributed by atoms with E-state index >= 15 is 0 Å². The second-order valence-electron chi connectivity index (χ2n) is 9.11. The molecule has 0 amide bonds. The van der Waals surface area contributed by atoms with Crippen LogP contribution in [0.5, 0.6) is 0 Å². The first-order valence-corrected chi connectivity index (χ1v) is 9.38. The van der Waals surface area contributed by atoms with Gasteiger partial charge < -0.3 is 0 Å². The SMILES string of the molecule is CC(C)CC(C)C1CCC2C(CC(C)C)CC(C)C2C1. The molecule has 0 aromatic heterocycles. The van der Waals surface area contributed by atoms with Crippen molar-refractivity contribution in [2.75, 3.05) is 0 Å². The first-order valence-electron chi connectivity index (χ1n) is 9.38. The van der Waals surface area contributed by atoms with E-state index in [0.29, 0.717) is 0 Å². The van der Waals surface area contributed by atoms with Crippen LogP contribution in [0.2, 0.25) is 0 Å². The summed E-state index contributed by atoms with van der Waals surface area (Å²) in [6.45, 7) is 14.7. The van der Waals surface area contributed by atoms with Gasteiger partial charge in [0.15, 0.2) is 0 Å². The fraction of sp³-hybridized carbons (Fsp3) is 1.00. The average Bonchev–Trinajstić information content (AvgIpc) is 2.64. The Balaban J connectivity index is 1.93. The molecular weight excluding hydrogens is 240 g/mol. The first-order chi connectivity index (χ1) is 9.38. The predicted molar refractivity (Wildman–Crippen MR) is 89.7 cm³/mol. The maximum Gasteiger partial charge on any atom is -0.0354 e. The number of hydrogen-bond donors (Lipinski definition) is 0. The van der Waals surface area contributed by atoms with Gasteiger partial charge in [0.1, 0.15) is 0 Å². The average molecular weight is 279 g/mol. The smallest absolute Gasteiger partial charge is 0.0354 e. The molecule has 6 atom stereocenters. The molecule has 118 valence electrons. The van der Waals surface area contributed by atoms with E-state index in [0.717, 1.165) is 47.3 Å². The highest BCUT2D eigenvalue weighted by atomic mass is 14.5. The van der Waals surface area contributed by atoms with Crippen LogP contribution in [-0.2, 0) is 0 Å². The van der Waals surface area contributed by atoms with Crippen molar-refractivity contribution in [3.05, 3.63) is 0 Å². The summed E-state index contributed by atoms with van der Waals surface area (Å²) in [4.78, 5) is 0. The van der Waals surface area contributed by atoms with Crippen LogP contribution in [0, 0.1) is 47.3 Å². The molecule has 6 unspecified atom stereocenters. The van der Waals surface area contributed by atoms with Gasteiger partial charge in [-0.3, -0.25) is 0 Å². The number of fused-ring (bicyclic) bond motifs is 1. The fourth-order valence-corrected chi connectivity index (χ4v) is 5.66. The fourth-order valence-electron chi connectivity index (χ4n) is 5.66. The number of rotatable bonds is 5. The highest BCUT2D eigenvalue weighted by Gasteiger charge is 2.44. The third kappa shape index (κ3) is 3.80. The van der Waals surface area contributed by atoms with Crippen LogP contribution >= 0.6 is 0 Å². The van der Waals surface area contributed by atoms with Gasteiger partial charge in [0.25, 0.3) is 0 Å². The van der Waals surface area contributed by atoms with Crippen molar-refractivity contribution in [3.8, 4) is 0 Å². The van der Waals surface area contributed by atoms with E-state index in [1.807, 2.05) is 0 Å².